The second-order valence-corrected chi connectivity index (χ2v) is 7.78. The van der Waals surface area contributed by atoms with Gasteiger partial charge in [0.15, 0.2) is 0 Å². The average molecular weight is 397 g/mol. The fourth-order valence-electron chi connectivity index (χ4n) is 1.86. The Hall–Kier alpha value is -1.70. The zero-order valence-corrected chi connectivity index (χ0v) is 15.1. The van der Waals surface area contributed by atoms with E-state index < -0.39 is 22.0 Å². The molecule has 0 saturated heterocycles. The van der Waals surface area contributed by atoms with Crippen molar-refractivity contribution in [2.24, 2.45) is 0 Å². The lowest BCUT2D eigenvalue weighted by molar-refractivity contribution is -0.117. The van der Waals surface area contributed by atoms with Crippen LogP contribution in [0.3, 0.4) is 0 Å². The first-order valence-corrected chi connectivity index (χ1v) is 9.21. The van der Waals surface area contributed by atoms with E-state index in [4.69, 9.17) is 0 Å². The molecule has 2 rings (SSSR count). The number of sulfonamides is 1. The number of amides is 1. The van der Waals surface area contributed by atoms with Crippen LogP contribution in [0.2, 0.25) is 0 Å². The van der Waals surface area contributed by atoms with Crippen LogP contribution < -0.4 is 10.0 Å². The molecule has 0 aromatic heterocycles. The van der Waals surface area contributed by atoms with Crippen molar-refractivity contribution in [3.63, 3.8) is 0 Å². The van der Waals surface area contributed by atoms with Gasteiger partial charge in [0.2, 0.25) is 15.9 Å². The summed E-state index contributed by atoms with van der Waals surface area (Å²) in [7, 11) is -3.74. The van der Waals surface area contributed by atoms with E-state index in [-0.39, 0.29) is 4.90 Å². The monoisotopic (exact) mass is 396 g/mol. The highest BCUT2D eigenvalue weighted by atomic mass is 79.9. The van der Waals surface area contributed by atoms with Crippen LogP contribution in [-0.4, -0.2) is 20.4 Å². The van der Waals surface area contributed by atoms with Gasteiger partial charge in [-0.05, 0) is 50.2 Å². The minimum absolute atomic E-state index is 0.131. The number of anilines is 1. The molecule has 0 aliphatic rings. The summed E-state index contributed by atoms with van der Waals surface area (Å²) in [4.78, 5) is 12.2. The topological polar surface area (TPSA) is 75.3 Å². The van der Waals surface area contributed by atoms with Gasteiger partial charge >= 0.3 is 0 Å². The van der Waals surface area contributed by atoms with Crippen LogP contribution in [0, 0.1) is 6.92 Å². The second-order valence-electron chi connectivity index (χ2n) is 5.15. The molecule has 1 amide bonds. The molecule has 1 atom stereocenters. The predicted molar refractivity (Wildman–Crippen MR) is 93.7 cm³/mol. The Labute approximate surface area is 144 Å². The van der Waals surface area contributed by atoms with Crippen molar-refractivity contribution in [1.29, 1.82) is 0 Å². The lowest BCUT2D eigenvalue weighted by Gasteiger charge is -2.14. The van der Waals surface area contributed by atoms with E-state index in [2.05, 4.69) is 26.0 Å². The molecule has 0 aliphatic carbocycles. The molecule has 0 aliphatic heterocycles. The maximum atomic E-state index is 12.3. The van der Waals surface area contributed by atoms with Crippen LogP contribution in [0.5, 0.6) is 0 Å². The third kappa shape index (κ3) is 4.89. The van der Waals surface area contributed by atoms with Gasteiger partial charge in [-0.25, -0.2) is 8.42 Å². The van der Waals surface area contributed by atoms with Crippen LogP contribution in [0.15, 0.2) is 57.9 Å². The van der Waals surface area contributed by atoms with Gasteiger partial charge in [0.05, 0.1) is 10.9 Å². The molecule has 7 heteroatoms. The van der Waals surface area contributed by atoms with Crippen molar-refractivity contribution in [1.82, 2.24) is 4.72 Å². The van der Waals surface area contributed by atoms with Crippen LogP contribution in [0.4, 0.5) is 5.69 Å². The first-order chi connectivity index (χ1) is 10.8. The summed E-state index contributed by atoms with van der Waals surface area (Å²) in [6, 6.07) is 12.6. The van der Waals surface area contributed by atoms with E-state index in [1.54, 1.807) is 36.4 Å². The molecule has 5 nitrogen and oxygen atoms in total. The Bertz CT molecular complexity index is 787. The zero-order valence-electron chi connectivity index (χ0n) is 12.7. The number of hydrogen-bond donors (Lipinski definition) is 2. The quantitative estimate of drug-likeness (QED) is 0.815. The lowest BCUT2D eigenvalue weighted by atomic mass is 10.2. The highest BCUT2D eigenvalue weighted by Crippen LogP contribution is 2.15. The third-order valence-electron chi connectivity index (χ3n) is 3.17. The number of carbonyl (C=O) groups excluding carboxylic acids is 1. The van der Waals surface area contributed by atoms with Crippen molar-refractivity contribution in [2.75, 3.05) is 5.32 Å². The third-order valence-corrected chi connectivity index (χ3v) is 5.25. The van der Waals surface area contributed by atoms with Crippen molar-refractivity contribution < 1.29 is 13.2 Å². The smallest absolute Gasteiger partial charge is 0.242 e. The average Bonchev–Trinajstić information content (AvgIpc) is 2.49. The lowest BCUT2D eigenvalue weighted by Crippen LogP contribution is -2.41. The number of hydrogen-bond acceptors (Lipinski definition) is 3. The summed E-state index contributed by atoms with van der Waals surface area (Å²) in [5.41, 5.74) is 1.56. The number of halogens is 1. The van der Waals surface area contributed by atoms with Gasteiger partial charge in [0.1, 0.15) is 0 Å². The standard InChI is InChI=1S/C16H17BrN2O3S/c1-11-3-9-15(10-4-11)23(21,22)19-12(2)16(20)18-14-7-5-13(17)6-8-14/h3-10,12,19H,1-2H3,(H,18,20)/t12-/m1/s1. The van der Waals surface area contributed by atoms with Crippen LogP contribution in [-0.2, 0) is 14.8 Å². The fraction of sp³-hybridized carbons (Fsp3) is 0.188. The summed E-state index contributed by atoms with van der Waals surface area (Å²) < 4.78 is 27.8. The molecule has 23 heavy (non-hydrogen) atoms. The summed E-state index contributed by atoms with van der Waals surface area (Å²) in [6.45, 7) is 3.37. The Morgan fingerprint density at radius 2 is 1.61 bits per heavy atom. The highest BCUT2D eigenvalue weighted by molar-refractivity contribution is 9.10. The molecule has 122 valence electrons. The number of aryl methyl sites for hydroxylation is 1. The molecule has 0 radical (unpaired) electrons. The number of nitrogens with one attached hydrogen (secondary N) is 2. The molecule has 2 N–H and O–H groups in total. The summed E-state index contributed by atoms with van der Waals surface area (Å²) in [6.07, 6.45) is 0. The molecule has 2 aromatic rings. The van der Waals surface area contributed by atoms with Gasteiger partial charge in [-0.3, -0.25) is 4.79 Å². The summed E-state index contributed by atoms with van der Waals surface area (Å²) in [5.74, 6) is -0.428. The summed E-state index contributed by atoms with van der Waals surface area (Å²) in [5, 5.41) is 2.67. The van der Waals surface area contributed by atoms with E-state index in [9.17, 15) is 13.2 Å². The second kappa shape index (κ2) is 7.25. The number of rotatable bonds is 5. The largest absolute Gasteiger partial charge is 0.325 e. The molecule has 0 bridgehead atoms. The van der Waals surface area contributed by atoms with Crippen molar-refractivity contribution >= 4 is 37.5 Å². The predicted octanol–water partition coefficient (Wildman–Crippen LogP) is 3.06. The van der Waals surface area contributed by atoms with Gasteiger partial charge in [-0.1, -0.05) is 33.6 Å². The zero-order chi connectivity index (χ0) is 17.0. The molecule has 0 saturated carbocycles. The van der Waals surface area contributed by atoms with E-state index in [1.807, 2.05) is 6.92 Å². The first-order valence-electron chi connectivity index (χ1n) is 6.93. The minimum atomic E-state index is -3.74. The van der Waals surface area contributed by atoms with E-state index in [0.717, 1.165) is 10.0 Å². The Morgan fingerprint density at radius 3 is 2.17 bits per heavy atom. The minimum Gasteiger partial charge on any atom is -0.325 e. The maximum absolute atomic E-state index is 12.3. The highest BCUT2D eigenvalue weighted by Gasteiger charge is 2.22. The van der Waals surface area contributed by atoms with E-state index in [1.165, 1.54) is 19.1 Å². The summed E-state index contributed by atoms with van der Waals surface area (Å²) >= 11 is 3.31. The SMILES string of the molecule is Cc1ccc(S(=O)(=O)N[C@H](C)C(=O)Nc2ccc(Br)cc2)cc1. The molecule has 0 heterocycles. The van der Waals surface area contributed by atoms with E-state index in [0.29, 0.717) is 5.69 Å². The molecule has 0 spiro atoms. The maximum Gasteiger partial charge on any atom is 0.242 e. The van der Waals surface area contributed by atoms with Crippen LogP contribution >= 0.6 is 15.9 Å². The van der Waals surface area contributed by atoms with Gasteiger partial charge in [0.25, 0.3) is 0 Å². The van der Waals surface area contributed by atoms with Crippen LogP contribution in [0.1, 0.15) is 12.5 Å². The first kappa shape index (κ1) is 17.7. The van der Waals surface area contributed by atoms with Crippen molar-refractivity contribution in [3.8, 4) is 0 Å². The van der Waals surface area contributed by atoms with Gasteiger partial charge in [0, 0.05) is 10.2 Å². The molecule has 0 fully saturated rings. The fourth-order valence-corrected chi connectivity index (χ4v) is 3.32. The number of carbonyl (C=O) groups is 1. The molecular formula is C16H17BrN2O3S. The van der Waals surface area contributed by atoms with Gasteiger partial charge < -0.3 is 5.32 Å². The van der Waals surface area contributed by atoms with Gasteiger partial charge in [-0.2, -0.15) is 4.72 Å². The normalized spacial score (nSPS) is 12.7. The molecule has 0 unspecified atom stereocenters. The van der Waals surface area contributed by atoms with Gasteiger partial charge in [-0.15, -0.1) is 0 Å². The van der Waals surface area contributed by atoms with Crippen LogP contribution in [0.25, 0.3) is 0 Å². The van der Waals surface area contributed by atoms with Crippen molar-refractivity contribution in [3.05, 3.63) is 58.6 Å². The number of benzene rings is 2. The Morgan fingerprint density at radius 1 is 1.04 bits per heavy atom. The Kier molecular flexibility index (Phi) is 5.56. The Balaban J connectivity index is 2.05. The van der Waals surface area contributed by atoms with E-state index >= 15 is 0 Å². The molecular weight excluding hydrogens is 380 g/mol. The van der Waals surface area contributed by atoms with Crippen molar-refractivity contribution in [2.45, 2.75) is 24.8 Å². The molecule has 2 aromatic carbocycles.